The highest BCUT2D eigenvalue weighted by Gasteiger charge is 2.23. The van der Waals surface area contributed by atoms with Gasteiger partial charge in [-0.2, -0.15) is 0 Å². The lowest BCUT2D eigenvalue weighted by Crippen LogP contribution is -2.34. The lowest BCUT2D eigenvalue weighted by atomic mass is 9.79. The van der Waals surface area contributed by atoms with Gasteiger partial charge in [-0.25, -0.2) is 0 Å². The summed E-state index contributed by atoms with van der Waals surface area (Å²) >= 11 is 0. The molecule has 1 atom stereocenters. The van der Waals surface area contributed by atoms with Gasteiger partial charge in [-0.05, 0) is 31.6 Å². The zero-order valence-corrected chi connectivity index (χ0v) is 7.38. The molecule has 1 fully saturated rings. The molecule has 0 aromatic rings. The Morgan fingerprint density at radius 3 is 2.73 bits per heavy atom. The van der Waals surface area contributed by atoms with E-state index in [1.165, 1.54) is 19.3 Å². The molecule has 0 heterocycles. The van der Waals surface area contributed by atoms with Crippen molar-refractivity contribution in [3.8, 4) is 0 Å². The van der Waals surface area contributed by atoms with Gasteiger partial charge in [-0.15, -0.1) is 0 Å². The second-order valence-electron chi connectivity index (χ2n) is 3.49. The van der Waals surface area contributed by atoms with Crippen molar-refractivity contribution in [1.29, 1.82) is 0 Å². The maximum Gasteiger partial charge on any atom is 0.0462 e. The van der Waals surface area contributed by atoms with Crippen LogP contribution in [0.15, 0.2) is 0 Å². The Morgan fingerprint density at radius 1 is 1.55 bits per heavy atom. The zero-order valence-electron chi connectivity index (χ0n) is 7.38. The van der Waals surface area contributed by atoms with Crippen molar-refractivity contribution in [3.05, 3.63) is 0 Å². The maximum absolute atomic E-state index is 5.96. The third-order valence-corrected chi connectivity index (χ3v) is 2.64. The molecule has 11 heavy (non-hydrogen) atoms. The summed E-state index contributed by atoms with van der Waals surface area (Å²) in [6.07, 6.45) is 6.36. The smallest absolute Gasteiger partial charge is 0.0462 e. The molecule has 0 radical (unpaired) electrons. The fourth-order valence-electron chi connectivity index (χ4n) is 1.57. The Balaban J connectivity index is 1.96. The Kier molecular flexibility index (Phi) is 3.87. The largest absolute Gasteiger partial charge is 0.385 e. The highest BCUT2D eigenvalue weighted by atomic mass is 16.5. The fraction of sp³-hybridized carbons (Fsp3) is 1.00. The summed E-state index contributed by atoms with van der Waals surface area (Å²) in [6.45, 7) is 0.862. The maximum atomic E-state index is 5.96. The van der Waals surface area contributed by atoms with Crippen LogP contribution in [0.4, 0.5) is 0 Å². The van der Waals surface area contributed by atoms with Crippen molar-refractivity contribution >= 4 is 0 Å². The van der Waals surface area contributed by atoms with Crippen molar-refractivity contribution in [3.63, 3.8) is 0 Å². The van der Waals surface area contributed by atoms with Crippen LogP contribution < -0.4 is 5.73 Å². The highest BCUT2D eigenvalue weighted by molar-refractivity contribution is 4.79. The van der Waals surface area contributed by atoms with Gasteiger partial charge in [0.15, 0.2) is 0 Å². The van der Waals surface area contributed by atoms with E-state index in [9.17, 15) is 0 Å². The average Bonchev–Trinajstić information content (AvgIpc) is 1.84. The van der Waals surface area contributed by atoms with Crippen molar-refractivity contribution < 1.29 is 4.74 Å². The van der Waals surface area contributed by atoms with E-state index in [0.29, 0.717) is 6.04 Å². The Hall–Kier alpha value is -0.0800. The predicted octanol–water partition coefficient (Wildman–Crippen LogP) is 1.54. The molecule has 2 heteroatoms. The van der Waals surface area contributed by atoms with Gasteiger partial charge in [-0.3, -0.25) is 0 Å². The van der Waals surface area contributed by atoms with E-state index in [-0.39, 0.29) is 0 Å². The van der Waals surface area contributed by atoms with Gasteiger partial charge in [0, 0.05) is 19.8 Å². The molecule has 1 rings (SSSR count). The normalized spacial score (nSPS) is 21.3. The van der Waals surface area contributed by atoms with Crippen molar-refractivity contribution in [2.24, 2.45) is 11.7 Å². The molecule has 2 nitrogen and oxygen atoms in total. The van der Waals surface area contributed by atoms with Gasteiger partial charge in [-0.1, -0.05) is 6.42 Å². The first-order valence-electron chi connectivity index (χ1n) is 4.59. The first-order valence-corrected chi connectivity index (χ1v) is 4.59. The number of hydrogen-bond acceptors (Lipinski definition) is 2. The summed E-state index contributed by atoms with van der Waals surface area (Å²) in [5.74, 6) is 0.826. The van der Waals surface area contributed by atoms with Gasteiger partial charge < -0.3 is 10.5 Å². The van der Waals surface area contributed by atoms with Crippen molar-refractivity contribution in [1.82, 2.24) is 0 Å². The van der Waals surface area contributed by atoms with Gasteiger partial charge in [0.1, 0.15) is 0 Å². The van der Waals surface area contributed by atoms with E-state index in [0.717, 1.165) is 25.4 Å². The molecule has 66 valence electrons. The summed E-state index contributed by atoms with van der Waals surface area (Å²) in [4.78, 5) is 0. The molecule has 1 saturated carbocycles. The van der Waals surface area contributed by atoms with E-state index in [1.54, 1.807) is 7.11 Å². The minimum absolute atomic E-state index is 0.443. The van der Waals surface area contributed by atoms with Crippen LogP contribution in [0.2, 0.25) is 0 Å². The fourth-order valence-corrected chi connectivity index (χ4v) is 1.57. The van der Waals surface area contributed by atoms with Crippen LogP contribution in [0.1, 0.15) is 32.1 Å². The average molecular weight is 157 g/mol. The van der Waals surface area contributed by atoms with Crippen LogP contribution in [0.3, 0.4) is 0 Å². The number of rotatable bonds is 5. The van der Waals surface area contributed by atoms with Crippen LogP contribution in [0.5, 0.6) is 0 Å². The molecule has 0 saturated heterocycles. The summed E-state index contributed by atoms with van der Waals surface area (Å²) in [5, 5.41) is 0. The molecule has 0 aromatic carbocycles. The van der Waals surface area contributed by atoms with Crippen molar-refractivity contribution in [2.75, 3.05) is 13.7 Å². The molecule has 0 amide bonds. The summed E-state index contributed by atoms with van der Waals surface area (Å²) < 4.78 is 4.97. The molecule has 1 unspecified atom stereocenters. The summed E-state index contributed by atoms with van der Waals surface area (Å²) in [5.41, 5.74) is 5.96. The predicted molar refractivity (Wildman–Crippen MR) is 46.4 cm³/mol. The topological polar surface area (TPSA) is 35.2 Å². The number of methoxy groups -OCH3 is 1. The third kappa shape index (κ3) is 2.80. The lowest BCUT2D eigenvalue weighted by Gasteiger charge is -2.31. The first-order chi connectivity index (χ1) is 5.34. The molecule has 1 aliphatic rings. The molecule has 1 aliphatic carbocycles. The molecule has 2 N–H and O–H groups in total. The Bertz CT molecular complexity index is 102. The van der Waals surface area contributed by atoms with Gasteiger partial charge in [0.05, 0.1) is 0 Å². The monoisotopic (exact) mass is 157 g/mol. The number of nitrogens with two attached hydrogens (primary N) is 1. The van der Waals surface area contributed by atoms with Crippen LogP contribution in [-0.4, -0.2) is 19.8 Å². The quantitative estimate of drug-likeness (QED) is 0.614. The summed E-state index contributed by atoms with van der Waals surface area (Å²) in [7, 11) is 1.74. The minimum atomic E-state index is 0.443. The Labute approximate surface area is 69.1 Å². The SMILES string of the molecule is COCCCC(N)C1CCC1. The van der Waals surface area contributed by atoms with E-state index >= 15 is 0 Å². The number of ether oxygens (including phenoxy) is 1. The van der Waals surface area contributed by atoms with Crippen LogP contribution in [-0.2, 0) is 4.74 Å². The minimum Gasteiger partial charge on any atom is -0.385 e. The van der Waals surface area contributed by atoms with Gasteiger partial charge in [0.25, 0.3) is 0 Å². The molecular formula is C9H19NO. The van der Waals surface area contributed by atoms with Gasteiger partial charge in [0.2, 0.25) is 0 Å². The molecule has 0 spiro atoms. The first kappa shape index (κ1) is 9.01. The van der Waals surface area contributed by atoms with E-state index in [4.69, 9.17) is 10.5 Å². The molecule has 0 bridgehead atoms. The second-order valence-corrected chi connectivity index (χ2v) is 3.49. The van der Waals surface area contributed by atoms with Crippen molar-refractivity contribution in [2.45, 2.75) is 38.1 Å². The third-order valence-electron chi connectivity index (χ3n) is 2.64. The molecule has 0 aliphatic heterocycles. The van der Waals surface area contributed by atoms with E-state index in [1.807, 2.05) is 0 Å². The van der Waals surface area contributed by atoms with Crippen LogP contribution >= 0.6 is 0 Å². The summed E-state index contributed by atoms with van der Waals surface area (Å²) in [6, 6.07) is 0.443. The van der Waals surface area contributed by atoms with Crippen LogP contribution in [0, 0.1) is 5.92 Å². The highest BCUT2D eigenvalue weighted by Crippen LogP contribution is 2.30. The van der Waals surface area contributed by atoms with Crippen LogP contribution in [0.25, 0.3) is 0 Å². The molecular weight excluding hydrogens is 138 g/mol. The molecule has 0 aromatic heterocycles. The Morgan fingerprint density at radius 2 is 2.27 bits per heavy atom. The lowest BCUT2D eigenvalue weighted by molar-refractivity contribution is 0.178. The zero-order chi connectivity index (χ0) is 8.10. The van der Waals surface area contributed by atoms with E-state index < -0.39 is 0 Å². The second kappa shape index (κ2) is 4.73. The number of hydrogen-bond donors (Lipinski definition) is 1. The van der Waals surface area contributed by atoms with E-state index in [2.05, 4.69) is 0 Å². The van der Waals surface area contributed by atoms with Gasteiger partial charge >= 0.3 is 0 Å². The standard InChI is InChI=1S/C9H19NO/c1-11-7-3-6-9(10)8-4-2-5-8/h8-9H,2-7,10H2,1H3.